The molecule has 0 aliphatic carbocycles. The van der Waals surface area contributed by atoms with Gasteiger partial charge in [-0.1, -0.05) is 30.7 Å². The summed E-state index contributed by atoms with van der Waals surface area (Å²) in [6, 6.07) is 8.23. The van der Waals surface area contributed by atoms with Crippen LogP contribution in [0.3, 0.4) is 0 Å². The van der Waals surface area contributed by atoms with Crippen molar-refractivity contribution < 1.29 is 4.79 Å². The van der Waals surface area contributed by atoms with Crippen LogP contribution in [-0.2, 0) is 4.79 Å². The summed E-state index contributed by atoms with van der Waals surface area (Å²) in [5, 5.41) is 7.45. The van der Waals surface area contributed by atoms with Gasteiger partial charge in [-0.15, -0.1) is 0 Å². The monoisotopic (exact) mass is 328 g/mol. The molecule has 0 radical (unpaired) electrons. The summed E-state index contributed by atoms with van der Waals surface area (Å²) < 4.78 is 0. The molecule has 130 valence electrons. The van der Waals surface area contributed by atoms with Crippen LogP contribution < -0.4 is 10.7 Å². The van der Waals surface area contributed by atoms with Crippen LogP contribution >= 0.6 is 0 Å². The highest BCUT2D eigenvalue weighted by atomic mass is 16.1. The van der Waals surface area contributed by atoms with Crippen LogP contribution in [0.4, 0.5) is 0 Å². The molecule has 1 fully saturated rings. The summed E-state index contributed by atoms with van der Waals surface area (Å²) in [4.78, 5) is 14.6. The number of nitrogens with one attached hydrogen (secondary N) is 2. The van der Waals surface area contributed by atoms with Gasteiger partial charge in [0, 0.05) is 18.4 Å². The number of piperidine rings is 1. The largest absolute Gasteiger partial charge is 0.334 e. The molecular formula is C19H28N4O. The summed E-state index contributed by atoms with van der Waals surface area (Å²) >= 11 is 0. The highest BCUT2D eigenvalue weighted by Gasteiger charge is 2.22. The zero-order valence-electron chi connectivity index (χ0n) is 14.6. The number of rotatable bonds is 6. The number of hydrazone groups is 1. The normalized spacial score (nSPS) is 21.2. The van der Waals surface area contributed by atoms with Gasteiger partial charge in [-0.2, -0.15) is 5.10 Å². The molecule has 24 heavy (non-hydrogen) atoms. The number of aryl methyl sites for hydroxylation is 1. The summed E-state index contributed by atoms with van der Waals surface area (Å²) in [5.74, 6) is 0.116. The molecule has 0 spiro atoms. The van der Waals surface area contributed by atoms with Gasteiger partial charge >= 0.3 is 0 Å². The number of hydrogen-bond acceptors (Lipinski definition) is 4. The van der Waals surface area contributed by atoms with Crippen LogP contribution in [0.15, 0.2) is 29.4 Å². The lowest BCUT2D eigenvalue weighted by atomic mass is 10.0. The first-order valence-corrected chi connectivity index (χ1v) is 9.12. The first-order valence-electron chi connectivity index (χ1n) is 9.12. The van der Waals surface area contributed by atoms with Crippen LogP contribution in [0.5, 0.6) is 0 Å². The fourth-order valence-corrected chi connectivity index (χ4v) is 3.50. The van der Waals surface area contributed by atoms with E-state index in [0.717, 1.165) is 30.7 Å². The minimum atomic E-state index is -0.0814. The average Bonchev–Trinajstić information content (AvgIpc) is 3.04. The molecule has 2 N–H and O–H groups in total. The summed E-state index contributed by atoms with van der Waals surface area (Å²) in [7, 11) is 0. The Labute approximate surface area is 144 Å². The Morgan fingerprint density at radius 1 is 1.29 bits per heavy atom. The van der Waals surface area contributed by atoms with E-state index in [1.165, 1.54) is 37.9 Å². The molecule has 1 atom stereocenters. The number of carbonyl (C=O) groups excluding carboxylic acids is 1. The van der Waals surface area contributed by atoms with Gasteiger partial charge in [0.25, 0.3) is 0 Å². The van der Waals surface area contributed by atoms with Crippen molar-refractivity contribution in [2.75, 3.05) is 19.6 Å². The Kier molecular flexibility index (Phi) is 5.86. The second kappa shape index (κ2) is 8.29. The van der Waals surface area contributed by atoms with Gasteiger partial charge in [0.2, 0.25) is 5.91 Å². The highest BCUT2D eigenvalue weighted by molar-refractivity contribution is 6.03. The lowest BCUT2D eigenvalue weighted by Crippen LogP contribution is -2.41. The third-order valence-corrected chi connectivity index (χ3v) is 4.87. The van der Waals surface area contributed by atoms with E-state index in [4.69, 9.17) is 0 Å². The zero-order valence-corrected chi connectivity index (χ0v) is 14.6. The molecule has 2 heterocycles. The first kappa shape index (κ1) is 17.0. The van der Waals surface area contributed by atoms with Crippen molar-refractivity contribution in [3.63, 3.8) is 0 Å². The maximum absolute atomic E-state index is 12.1. The van der Waals surface area contributed by atoms with E-state index < -0.39 is 0 Å². The van der Waals surface area contributed by atoms with Gasteiger partial charge in [-0.3, -0.25) is 10.2 Å². The number of nitrogens with zero attached hydrogens (tertiary/aromatic N) is 2. The predicted octanol–water partition coefficient (Wildman–Crippen LogP) is 2.40. The van der Waals surface area contributed by atoms with Crippen molar-refractivity contribution in [3.8, 4) is 0 Å². The van der Waals surface area contributed by atoms with E-state index in [1.54, 1.807) is 0 Å². The smallest absolute Gasteiger partial charge is 0.221 e. The summed E-state index contributed by atoms with van der Waals surface area (Å²) in [6.45, 7) is 5.51. The van der Waals surface area contributed by atoms with Gasteiger partial charge in [-0.25, -0.2) is 0 Å². The van der Waals surface area contributed by atoms with Gasteiger partial charge < -0.3 is 10.2 Å². The third-order valence-electron chi connectivity index (χ3n) is 4.87. The molecule has 0 saturated carbocycles. The number of hydrogen-bond donors (Lipinski definition) is 2. The van der Waals surface area contributed by atoms with E-state index >= 15 is 0 Å². The summed E-state index contributed by atoms with van der Waals surface area (Å²) in [5.41, 5.74) is 6.44. The lowest BCUT2D eigenvalue weighted by molar-refractivity contribution is -0.122. The first-order chi connectivity index (χ1) is 11.7. The minimum absolute atomic E-state index is 0.0814. The molecule has 0 aromatic heterocycles. The Morgan fingerprint density at radius 3 is 2.88 bits per heavy atom. The molecule has 1 aromatic carbocycles. The molecule has 1 unspecified atom stereocenters. The number of likely N-dealkylation sites (tertiary alicyclic amines) is 1. The van der Waals surface area contributed by atoms with E-state index in [2.05, 4.69) is 39.8 Å². The van der Waals surface area contributed by atoms with Gasteiger partial charge in [-0.05, 0) is 51.4 Å². The molecule has 5 heteroatoms. The number of amides is 1. The molecule has 1 saturated heterocycles. The van der Waals surface area contributed by atoms with Crippen LogP contribution in [0, 0.1) is 6.92 Å². The predicted molar refractivity (Wildman–Crippen MR) is 96.9 cm³/mol. The fraction of sp³-hybridized carbons (Fsp3) is 0.579. The maximum Gasteiger partial charge on any atom is 0.221 e. The minimum Gasteiger partial charge on any atom is -0.334 e. The number of carbonyl (C=O) groups is 1. The second-order valence-corrected chi connectivity index (χ2v) is 6.83. The van der Waals surface area contributed by atoms with E-state index in [1.807, 2.05) is 12.1 Å². The molecule has 1 amide bonds. The molecule has 0 bridgehead atoms. The van der Waals surface area contributed by atoms with Crippen molar-refractivity contribution >= 4 is 11.6 Å². The SMILES string of the molecule is Cc1ccccc1C1=NNC(NC(=O)CCCN2CCCCC2)C1. The Bertz CT molecular complexity index is 593. The topological polar surface area (TPSA) is 56.7 Å². The van der Waals surface area contributed by atoms with Crippen LogP contribution in [-0.4, -0.2) is 42.3 Å². The second-order valence-electron chi connectivity index (χ2n) is 6.83. The molecule has 5 nitrogen and oxygen atoms in total. The van der Waals surface area contributed by atoms with Crippen LogP contribution in [0.2, 0.25) is 0 Å². The maximum atomic E-state index is 12.1. The fourth-order valence-electron chi connectivity index (χ4n) is 3.50. The Hall–Kier alpha value is -1.88. The van der Waals surface area contributed by atoms with E-state index in [-0.39, 0.29) is 12.1 Å². The Morgan fingerprint density at radius 2 is 2.08 bits per heavy atom. The van der Waals surface area contributed by atoms with Crippen molar-refractivity contribution in [3.05, 3.63) is 35.4 Å². The van der Waals surface area contributed by atoms with Crippen LogP contribution in [0.1, 0.15) is 49.7 Å². The standard InChI is InChI=1S/C19H28N4O/c1-15-8-3-4-9-16(15)17-14-18(22-21-17)20-19(24)10-7-13-23-11-5-2-6-12-23/h3-4,8-9,18,22H,2,5-7,10-14H2,1H3,(H,20,24). The molecule has 1 aromatic rings. The Balaban J connectivity index is 1.38. The van der Waals surface area contributed by atoms with Crippen molar-refractivity contribution in [2.45, 2.75) is 51.6 Å². The van der Waals surface area contributed by atoms with Gasteiger partial charge in [0.05, 0.1) is 5.71 Å². The summed E-state index contributed by atoms with van der Waals surface area (Å²) in [6.07, 6.45) is 6.14. The van der Waals surface area contributed by atoms with Crippen molar-refractivity contribution in [2.24, 2.45) is 5.10 Å². The van der Waals surface area contributed by atoms with Crippen molar-refractivity contribution in [1.29, 1.82) is 0 Å². The van der Waals surface area contributed by atoms with Crippen molar-refractivity contribution in [1.82, 2.24) is 15.6 Å². The highest BCUT2D eigenvalue weighted by Crippen LogP contribution is 2.15. The van der Waals surface area contributed by atoms with E-state index in [0.29, 0.717) is 6.42 Å². The van der Waals surface area contributed by atoms with Gasteiger partial charge in [0.15, 0.2) is 0 Å². The van der Waals surface area contributed by atoms with E-state index in [9.17, 15) is 4.79 Å². The zero-order chi connectivity index (χ0) is 16.8. The number of benzene rings is 1. The van der Waals surface area contributed by atoms with Crippen LogP contribution in [0.25, 0.3) is 0 Å². The molecular weight excluding hydrogens is 300 g/mol. The molecule has 2 aliphatic heterocycles. The van der Waals surface area contributed by atoms with Gasteiger partial charge in [0.1, 0.15) is 6.17 Å². The third kappa shape index (κ3) is 4.57. The average molecular weight is 328 g/mol. The molecule has 3 rings (SSSR count). The quantitative estimate of drug-likeness (QED) is 0.843. The lowest BCUT2D eigenvalue weighted by Gasteiger charge is -2.26. The molecule has 2 aliphatic rings.